The maximum absolute atomic E-state index is 12.2. The molecule has 1 N–H and O–H groups in total. The molecule has 0 aliphatic rings. The first-order valence-electron chi connectivity index (χ1n) is 6.90. The number of benzene rings is 1. The molecule has 118 valence electrons. The maximum Gasteiger partial charge on any atom is 0.290 e. The Bertz CT molecular complexity index is 649. The number of carbonyl (C=O) groups excluding carboxylic acids is 1. The van der Waals surface area contributed by atoms with Gasteiger partial charge in [0.2, 0.25) is 5.76 Å². The van der Waals surface area contributed by atoms with Gasteiger partial charge in [0, 0.05) is 5.54 Å². The lowest BCUT2D eigenvalue weighted by atomic mass is 9.94. The van der Waals surface area contributed by atoms with E-state index in [4.69, 9.17) is 14.0 Å². The molecule has 1 amide bonds. The largest absolute Gasteiger partial charge is 0.496 e. The van der Waals surface area contributed by atoms with Gasteiger partial charge in [0.1, 0.15) is 5.75 Å². The van der Waals surface area contributed by atoms with Crippen molar-refractivity contribution in [2.24, 2.45) is 0 Å². The molecule has 1 heterocycles. The van der Waals surface area contributed by atoms with E-state index in [1.54, 1.807) is 7.11 Å². The monoisotopic (exact) mass is 304 g/mol. The molecule has 2 aromatic rings. The lowest BCUT2D eigenvalue weighted by Gasteiger charge is -2.26. The quantitative estimate of drug-likeness (QED) is 0.887. The van der Waals surface area contributed by atoms with E-state index in [1.165, 1.54) is 13.2 Å². The molecule has 0 saturated heterocycles. The average Bonchev–Trinajstić information content (AvgIpc) is 2.96. The van der Waals surface area contributed by atoms with E-state index < -0.39 is 5.54 Å². The summed E-state index contributed by atoms with van der Waals surface area (Å²) in [4.78, 5) is 12.2. The number of hydrogen-bond donors (Lipinski definition) is 1. The van der Waals surface area contributed by atoms with Gasteiger partial charge in [-0.25, -0.2) is 0 Å². The number of ether oxygens (including phenoxy) is 2. The van der Waals surface area contributed by atoms with Gasteiger partial charge >= 0.3 is 0 Å². The fraction of sp³-hybridized carbons (Fsp3) is 0.375. The number of amides is 1. The number of nitrogens with zero attached hydrogens (tertiary/aromatic N) is 1. The minimum atomic E-state index is -0.480. The Kier molecular flexibility index (Phi) is 4.70. The molecule has 2 rings (SSSR count). The Hall–Kier alpha value is -2.50. The molecule has 6 nitrogen and oxygen atoms in total. The van der Waals surface area contributed by atoms with Crippen LogP contribution in [0.5, 0.6) is 11.6 Å². The Balaban J connectivity index is 2.08. The third-order valence-corrected chi connectivity index (χ3v) is 3.20. The highest BCUT2D eigenvalue weighted by Gasteiger charge is 2.25. The molecule has 6 heteroatoms. The smallest absolute Gasteiger partial charge is 0.290 e. The third kappa shape index (κ3) is 3.78. The summed E-state index contributed by atoms with van der Waals surface area (Å²) in [5.74, 6) is 0.847. The van der Waals surface area contributed by atoms with E-state index in [1.807, 2.05) is 38.1 Å². The molecule has 0 bridgehead atoms. The summed E-state index contributed by atoms with van der Waals surface area (Å²) in [6.07, 6.45) is 0.619. The summed E-state index contributed by atoms with van der Waals surface area (Å²) < 4.78 is 15.2. The van der Waals surface area contributed by atoms with Gasteiger partial charge in [0.25, 0.3) is 11.8 Å². The van der Waals surface area contributed by atoms with Crippen molar-refractivity contribution < 1.29 is 18.8 Å². The van der Waals surface area contributed by atoms with Crippen LogP contribution in [0.3, 0.4) is 0 Å². The second-order valence-corrected chi connectivity index (χ2v) is 5.56. The molecule has 0 atom stereocenters. The summed E-state index contributed by atoms with van der Waals surface area (Å²) >= 11 is 0. The first kappa shape index (κ1) is 15.9. The SMILES string of the molecule is COc1cc(C(=O)NC(C)(C)Cc2ccccc2OC)on1. The van der Waals surface area contributed by atoms with E-state index in [0.29, 0.717) is 6.42 Å². The van der Waals surface area contributed by atoms with Gasteiger partial charge in [0.15, 0.2) is 0 Å². The summed E-state index contributed by atoms with van der Waals surface area (Å²) in [5, 5.41) is 6.55. The molecule has 22 heavy (non-hydrogen) atoms. The summed E-state index contributed by atoms with van der Waals surface area (Å²) in [6, 6.07) is 9.18. The van der Waals surface area contributed by atoms with Crippen LogP contribution in [0.2, 0.25) is 0 Å². The molecule has 0 radical (unpaired) electrons. The summed E-state index contributed by atoms with van der Waals surface area (Å²) in [6.45, 7) is 3.87. The lowest BCUT2D eigenvalue weighted by molar-refractivity contribution is 0.0874. The first-order valence-corrected chi connectivity index (χ1v) is 6.90. The van der Waals surface area contributed by atoms with E-state index in [2.05, 4.69) is 10.5 Å². The van der Waals surface area contributed by atoms with Crippen molar-refractivity contribution in [2.45, 2.75) is 25.8 Å². The highest BCUT2D eigenvalue weighted by Crippen LogP contribution is 2.23. The number of nitrogens with one attached hydrogen (secondary N) is 1. The van der Waals surface area contributed by atoms with Crippen LogP contribution in [0, 0.1) is 0 Å². The number of hydrogen-bond acceptors (Lipinski definition) is 5. The summed E-state index contributed by atoms with van der Waals surface area (Å²) in [5.41, 5.74) is 0.539. The van der Waals surface area contributed by atoms with Crippen LogP contribution in [0.15, 0.2) is 34.9 Å². The molecule has 0 aliphatic carbocycles. The molecular weight excluding hydrogens is 284 g/mol. The predicted molar refractivity (Wildman–Crippen MR) is 81.3 cm³/mol. The Morgan fingerprint density at radius 1 is 1.27 bits per heavy atom. The fourth-order valence-electron chi connectivity index (χ4n) is 2.20. The molecule has 0 unspecified atom stereocenters. The highest BCUT2D eigenvalue weighted by molar-refractivity contribution is 5.92. The number of para-hydroxylation sites is 1. The van der Waals surface area contributed by atoms with Crippen molar-refractivity contribution in [1.82, 2.24) is 10.5 Å². The van der Waals surface area contributed by atoms with Crippen molar-refractivity contribution in [3.63, 3.8) is 0 Å². The normalized spacial score (nSPS) is 11.1. The van der Waals surface area contributed by atoms with Gasteiger partial charge in [-0.05, 0) is 37.1 Å². The van der Waals surface area contributed by atoms with Crippen LogP contribution in [0.4, 0.5) is 0 Å². The fourth-order valence-corrected chi connectivity index (χ4v) is 2.20. The van der Waals surface area contributed by atoms with Crippen LogP contribution < -0.4 is 14.8 Å². The number of methoxy groups -OCH3 is 2. The van der Waals surface area contributed by atoms with Crippen molar-refractivity contribution in [3.8, 4) is 11.6 Å². The van der Waals surface area contributed by atoms with Crippen molar-refractivity contribution >= 4 is 5.91 Å². The lowest BCUT2D eigenvalue weighted by Crippen LogP contribution is -2.45. The zero-order valence-corrected chi connectivity index (χ0v) is 13.2. The Morgan fingerprint density at radius 2 is 2.00 bits per heavy atom. The average molecular weight is 304 g/mol. The van der Waals surface area contributed by atoms with Crippen molar-refractivity contribution in [2.75, 3.05) is 14.2 Å². The summed E-state index contributed by atoms with van der Waals surface area (Å²) in [7, 11) is 3.09. The Morgan fingerprint density at radius 3 is 2.64 bits per heavy atom. The van der Waals surface area contributed by atoms with Gasteiger partial charge in [-0.15, -0.1) is 0 Å². The van der Waals surface area contributed by atoms with Gasteiger partial charge < -0.3 is 19.3 Å². The van der Waals surface area contributed by atoms with Gasteiger partial charge in [0.05, 0.1) is 20.3 Å². The van der Waals surface area contributed by atoms with Crippen molar-refractivity contribution in [3.05, 3.63) is 41.7 Å². The molecule has 0 spiro atoms. The number of carbonyl (C=O) groups is 1. The Labute approximate surface area is 129 Å². The molecular formula is C16H20N2O4. The maximum atomic E-state index is 12.2. The minimum Gasteiger partial charge on any atom is -0.496 e. The second kappa shape index (κ2) is 6.51. The minimum absolute atomic E-state index is 0.116. The number of aromatic nitrogens is 1. The van der Waals surface area contributed by atoms with Crippen LogP contribution in [0.25, 0.3) is 0 Å². The number of rotatable bonds is 6. The van der Waals surface area contributed by atoms with Gasteiger partial charge in [-0.1, -0.05) is 18.2 Å². The van der Waals surface area contributed by atoms with E-state index in [0.717, 1.165) is 11.3 Å². The standard InChI is InChI=1S/C16H20N2O4/c1-16(2,10-11-7-5-6-8-12(11)20-3)17-15(19)13-9-14(21-4)18-22-13/h5-9H,10H2,1-4H3,(H,17,19). The van der Waals surface area contributed by atoms with Crippen LogP contribution in [0.1, 0.15) is 30.0 Å². The molecule has 0 saturated carbocycles. The molecule has 1 aromatic carbocycles. The predicted octanol–water partition coefficient (Wildman–Crippen LogP) is 2.44. The van der Waals surface area contributed by atoms with E-state index >= 15 is 0 Å². The first-order chi connectivity index (χ1) is 10.4. The zero-order chi connectivity index (χ0) is 16.2. The van der Waals surface area contributed by atoms with Gasteiger partial charge in [-0.2, -0.15) is 0 Å². The van der Waals surface area contributed by atoms with E-state index in [-0.39, 0.29) is 17.5 Å². The van der Waals surface area contributed by atoms with Crippen LogP contribution >= 0.6 is 0 Å². The molecule has 0 fully saturated rings. The van der Waals surface area contributed by atoms with Gasteiger partial charge in [-0.3, -0.25) is 4.79 Å². The van der Waals surface area contributed by atoms with E-state index in [9.17, 15) is 4.79 Å². The molecule has 1 aromatic heterocycles. The third-order valence-electron chi connectivity index (χ3n) is 3.20. The van der Waals surface area contributed by atoms with Crippen LogP contribution in [-0.4, -0.2) is 30.8 Å². The van der Waals surface area contributed by atoms with Crippen LogP contribution in [-0.2, 0) is 6.42 Å². The molecule has 0 aliphatic heterocycles. The topological polar surface area (TPSA) is 73.6 Å². The van der Waals surface area contributed by atoms with Crippen molar-refractivity contribution in [1.29, 1.82) is 0 Å². The highest BCUT2D eigenvalue weighted by atomic mass is 16.5. The zero-order valence-electron chi connectivity index (χ0n) is 13.2. The second-order valence-electron chi connectivity index (χ2n) is 5.56.